The van der Waals surface area contributed by atoms with Crippen molar-refractivity contribution in [1.82, 2.24) is 14.1 Å². The van der Waals surface area contributed by atoms with Crippen LogP contribution in [0.15, 0.2) is 84.9 Å². The van der Waals surface area contributed by atoms with E-state index in [-0.39, 0.29) is 0 Å². The normalized spacial score (nSPS) is 11.4. The molecule has 0 aliphatic carbocycles. The summed E-state index contributed by atoms with van der Waals surface area (Å²) < 4.78 is 4.49. The molecule has 0 radical (unpaired) electrons. The van der Waals surface area contributed by atoms with Crippen molar-refractivity contribution >= 4 is 22.1 Å². The molecule has 120 valence electrons. The average Bonchev–Trinajstić information content (AvgIpc) is 3.18. The van der Waals surface area contributed by atoms with Gasteiger partial charge in [-0.05, 0) is 18.2 Å². The third-order valence-corrected chi connectivity index (χ3v) is 4.72. The van der Waals surface area contributed by atoms with Crippen molar-refractivity contribution in [1.29, 1.82) is 0 Å². The number of fused-ring (bicyclic) bond motifs is 3. The molecule has 2 aromatic heterocycles. The van der Waals surface area contributed by atoms with Crippen LogP contribution < -0.4 is 0 Å². The van der Waals surface area contributed by atoms with Gasteiger partial charge in [-0.3, -0.25) is 4.57 Å². The quantitative estimate of drug-likeness (QED) is 0.439. The Morgan fingerprint density at radius 1 is 0.720 bits per heavy atom. The summed E-state index contributed by atoms with van der Waals surface area (Å²) in [6.07, 6.45) is 0. The molecule has 0 amide bonds. The molecule has 0 saturated carbocycles. The van der Waals surface area contributed by atoms with Gasteiger partial charge in [-0.1, -0.05) is 66.7 Å². The standard InChI is InChI=1S/C22H17N3/c1-24-21(16-10-4-2-5-11-16)23-20-18-14-8-9-15-19(18)25(22(20)24)17-12-6-3-7-13-17/h2-15H,1H3. The maximum absolute atomic E-state index is 5.00. The first-order valence-corrected chi connectivity index (χ1v) is 8.41. The van der Waals surface area contributed by atoms with Crippen LogP contribution in [0.4, 0.5) is 0 Å². The second-order valence-corrected chi connectivity index (χ2v) is 6.22. The molecule has 2 heterocycles. The molecule has 0 bridgehead atoms. The van der Waals surface area contributed by atoms with E-state index >= 15 is 0 Å². The largest absolute Gasteiger partial charge is 0.313 e. The van der Waals surface area contributed by atoms with Crippen LogP contribution in [-0.4, -0.2) is 14.1 Å². The fourth-order valence-electron chi connectivity index (χ4n) is 3.59. The van der Waals surface area contributed by atoms with Gasteiger partial charge in [0.2, 0.25) is 0 Å². The zero-order valence-corrected chi connectivity index (χ0v) is 13.9. The van der Waals surface area contributed by atoms with Crippen LogP contribution in [0, 0.1) is 0 Å². The summed E-state index contributed by atoms with van der Waals surface area (Å²) in [7, 11) is 2.09. The van der Waals surface area contributed by atoms with Crippen LogP contribution in [0.1, 0.15) is 0 Å². The Labute approximate surface area is 145 Å². The van der Waals surface area contributed by atoms with Crippen molar-refractivity contribution in [3.63, 3.8) is 0 Å². The topological polar surface area (TPSA) is 22.8 Å². The molecule has 0 aliphatic rings. The summed E-state index contributed by atoms with van der Waals surface area (Å²) in [6, 6.07) is 29.3. The van der Waals surface area contributed by atoms with Gasteiger partial charge in [-0.2, -0.15) is 0 Å². The highest BCUT2D eigenvalue weighted by atomic mass is 15.2. The Bertz CT molecular complexity index is 1180. The van der Waals surface area contributed by atoms with Gasteiger partial charge >= 0.3 is 0 Å². The SMILES string of the molecule is Cn1c(-c2ccccc2)nc2c3ccccc3n(-c3ccccc3)c21. The van der Waals surface area contributed by atoms with Gasteiger partial charge in [0.1, 0.15) is 17.0 Å². The first-order valence-electron chi connectivity index (χ1n) is 8.41. The molecule has 3 aromatic carbocycles. The Hall–Kier alpha value is -3.33. The van der Waals surface area contributed by atoms with Crippen LogP contribution in [0.3, 0.4) is 0 Å². The Morgan fingerprint density at radius 2 is 1.36 bits per heavy atom. The van der Waals surface area contributed by atoms with Crippen molar-refractivity contribution < 1.29 is 0 Å². The fraction of sp³-hybridized carbons (Fsp3) is 0.0455. The van der Waals surface area contributed by atoms with Crippen LogP contribution in [0.2, 0.25) is 0 Å². The average molecular weight is 323 g/mol. The molecule has 0 N–H and O–H groups in total. The molecule has 0 spiro atoms. The monoisotopic (exact) mass is 323 g/mol. The van der Waals surface area contributed by atoms with E-state index in [4.69, 9.17) is 4.98 Å². The van der Waals surface area contributed by atoms with Crippen LogP contribution in [0.5, 0.6) is 0 Å². The number of hydrogen-bond donors (Lipinski definition) is 0. The lowest BCUT2D eigenvalue weighted by atomic mass is 10.2. The Morgan fingerprint density at radius 3 is 2.12 bits per heavy atom. The Balaban J connectivity index is 1.93. The molecule has 0 saturated heterocycles. The van der Waals surface area contributed by atoms with E-state index in [1.807, 2.05) is 12.1 Å². The van der Waals surface area contributed by atoms with Crippen LogP contribution >= 0.6 is 0 Å². The van der Waals surface area contributed by atoms with Gasteiger partial charge in [0.15, 0.2) is 0 Å². The first-order chi connectivity index (χ1) is 12.3. The van der Waals surface area contributed by atoms with Crippen molar-refractivity contribution in [2.24, 2.45) is 7.05 Å². The molecular weight excluding hydrogens is 306 g/mol. The van der Waals surface area contributed by atoms with E-state index in [9.17, 15) is 0 Å². The maximum Gasteiger partial charge on any atom is 0.146 e. The number of benzene rings is 3. The molecule has 5 aromatic rings. The van der Waals surface area contributed by atoms with Gasteiger partial charge in [-0.25, -0.2) is 4.98 Å². The second kappa shape index (κ2) is 5.35. The number of nitrogens with zero attached hydrogens (tertiary/aromatic N) is 3. The molecule has 0 aliphatic heterocycles. The number of aromatic nitrogens is 3. The molecule has 0 unspecified atom stereocenters. The summed E-state index contributed by atoms with van der Waals surface area (Å²) >= 11 is 0. The van der Waals surface area contributed by atoms with Gasteiger partial charge in [0.25, 0.3) is 0 Å². The summed E-state index contributed by atoms with van der Waals surface area (Å²) in [6.45, 7) is 0. The van der Waals surface area contributed by atoms with Gasteiger partial charge in [-0.15, -0.1) is 0 Å². The summed E-state index contributed by atoms with van der Waals surface area (Å²) in [4.78, 5) is 5.00. The van der Waals surface area contributed by atoms with Crippen molar-refractivity contribution in [2.45, 2.75) is 0 Å². The van der Waals surface area contributed by atoms with E-state index in [0.717, 1.165) is 28.2 Å². The van der Waals surface area contributed by atoms with Crippen molar-refractivity contribution in [3.8, 4) is 17.1 Å². The number of rotatable bonds is 2. The number of imidazole rings is 1. The molecule has 5 rings (SSSR count). The summed E-state index contributed by atoms with van der Waals surface area (Å²) in [5.41, 5.74) is 5.62. The summed E-state index contributed by atoms with van der Waals surface area (Å²) in [5.74, 6) is 0.987. The van der Waals surface area contributed by atoms with Crippen molar-refractivity contribution in [2.75, 3.05) is 0 Å². The van der Waals surface area contributed by atoms with Crippen molar-refractivity contribution in [3.05, 3.63) is 84.9 Å². The van der Waals surface area contributed by atoms with Gasteiger partial charge in [0, 0.05) is 23.7 Å². The maximum atomic E-state index is 5.00. The van der Waals surface area contributed by atoms with E-state index in [2.05, 4.69) is 89.0 Å². The number of aryl methyl sites for hydroxylation is 1. The van der Waals surface area contributed by atoms with E-state index < -0.39 is 0 Å². The van der Waals surface area contributed by atoms with E-state index in [0.29, 0.717) is 0 Å². The minimum absolute atomic E-state index is 0.987. The third kappa shape index (κ3) is 2.02. The molecule has 25 heavy (non-hydrogen) atoms. The fourth-order valence-corrected chi connectivity index (χ4v) is 3.59. The molecular formula is C22H17N3. The highest BCUT2D eigenvalue weighted by Gasteiger charge is 2.19. The second-order valence-electron chi connectivity index (χ2n) is 6.22. The molecule has 3 nitrogen and oxygen atoms in total. The highest BCUT2D eigenvalue weighted by molar-refractivity contribution is 6.07. The molecule has 3 heteroatoms. The zero-order chi connectivity index (χ0) is 16.8. The first kappa shape index (κ1) is 14.1. The predicted octanol–water partition coefficient (Wildman–Crippen LogP) is 5.18. The predicted molar refractivity (Wildman–Crippen MR) is 103 cm³/mol. The van der Waals surface area contributed by atoms with E-state index in [1.165, 1.54) is 10.9 Å². The lowest BCUT2D eigenvalue weighted by Gasteiger charge is -2.09. The molecule has 0 fully saturated rings. The number of hydrogen-bond acceptors (Lipinski definition) is 1. The lowest BCUT2D eigenvalue weighted by molar-refractivity contribution is 0.921. The Kier molecular flexibility index (Phi) is 3.01. The van der Waals surface area contributed by atoms with Crippen LogP contribution in [-0.2, 0) is 7.05 Å². The molecule has 0 atom stereocenters. The van der Waals surface area contributed by atoms with Gasteiger partial charge < -0.3 is 4.57 Å². The van der Waals surface area contributed by atoms with E-state index in [1.54, 1.807) is 0 Å². The smallest absolute Gasteiger partial charge is 0.146 e. The number of para-hydroxylation sites is 2. The summed E-state index contributed by atoms with van der Waals surface area (Å²) in [5, 5.41) is 1.18. The minimum atomic E-state index is 0.987. The lowest BCUT2D eigenvalue weighted by Crippen LogP contribution is -2.00. The van der Waals surface area contributed by atoms with Crippen LogP contribution in [0.25, 0.3) is 39.1 Å². The highest BCUT2D eigenvalue weighted by Crippen LogP contribution is 2.34. The zero-order valence-electron chi connectivity index (χ0n) is 13.9. The van der Waals surface area contributed by atoms with Gasteiger partial charge in [0.05, 0.1) is 5.52 Å². The minimum Gasteiger partial charge on any atom is -0.313 e. The third-order valence-electron chi connectivity index (χ3n) is 4.72.